The quantitative estimate of drug-likeness (QED) is 0.110. The first kappa shape index (κ1) is 29.1. The highest BCUT2D eigenvalue weighted by molar-refractivity contribution is 7.22. The molecule has 0 radical (unpaired) electrons. The topological polar surface area (TPSA) is 138 Å². The fourth-order valence-electron chi connectivity index (χ4n) is 6.44. The van der Waals surface area contributed by atoms with Gasteiger partial charge >= 0.3 is 0 Å². The van der Waals surface area contributed by atoms with Gasteiger partial charge in [-0.2, -0.15) is 0 Å². The highest BCUT2D eigenvalue weighted by atomic mass is 32.1. The third-order valence-corrected chi connectivity index (χ3v) is 10.4. The van der Waals surface area contributed by atoms with Crippen LogP contribution >= 0.6 is 22.7 Å². The van der Waals surface area contributed by atoms with Crippen molar-refractivity contribution in [2.45, 2.75) is 18.1 Å². The number of carbonyl (C=O) groups excluding carboxylic acids is 3. The Morgan fingerprint density at radius 3 is 2.21 bits per heavy atom. The number of benzene rings is 3. The number of rotatable bonds is 4. The van der Waals surface area contributed by atoms with Gasteiger partial charge in [0.25, 0.3) is 0 Å². The number of nitrogens with one attached hydrogen (secondary N) is 1. The predicted octanol–water partition coefficient (Wildman–Crippen LogP) is 5.65. The molecule has 5 aromatic rings. The molecule has 3 atom stereocenters. The van der Waals surface area contributed by atoms with E-state index in [0.717, 1.165) is 20.4 Å². The molecule has 48 heavy (non-hydrogen) atoms. The molecule has 3 unspecified atom stereocenters. The summed E-state index contributed by atoms with van der Waals surface area (Å²) in [6, 6.07) is 18.9. The molecule has 238 valence electrons. The van der Waals surface area contributed by atoms with Crippen molar-refractivity contribution in [1.29, 1.82) is 0 Å². The Labute approximate surface area is 280 Å². The minimum atomic E-state index is -1.39. The van der Waals surface area contributed by atoms with E-state index in [9.17, 15) is 14.4 Å². The molecule has 2 aliphatic carbocycles. The van der Waals surface area contributed by atoms with Crippen LogP contribution in [0, 0.1) is 0 Å². The lowest BCUT2D eigenvalue weighted by atomic mass is 9.87. The molecule has 2 aromatic heterocycles. The average molecular weight is 677 g/mol. The largest absolute Gasteiger partial charge is 0.486 e. The van der Waals surface area contributed by atoms with E-state index < -0.39 is 35.5 Å². The Balaban J connectivity index is 1.08. The zero-order valence-corrected chi connectivity index (χ0v) is 26.6. The molecule has 0 spiro atoms. The Morgan fingerprint density at radius 1 is 0.729 bits per heavy atom. The summed E-state index contributed by atoms with van der Waals surface area (Å²) < 4.78 is 26.2. The number of aliphatic imine (C=N–C) groups is 1. The van der Waals surface area contributed by atoms with Crippen LogP contribution in [0.15, 0.2) is 89.0 Å². The van der Waals surface area contributed by atoms with Gasteiger partial charge in [0.1, 0.15) is 31.3 Å². The van der Waals surface area contributed by atoms with Crippen molar-refractivity contribution >= 4 is 82.1 Å². The summed E-state index contributed by atoms with van der Waals surface area (Å²) in [5.74, 6) is -3.11. The fourth-order valence-corrected chi connectivity index (χ4v) is 8.17. The van der Waals surface area contributed by atoms with Crippen molar-refractivity contribution in [3.8, 4) is 11.5 Å². The van der Waals surface area contributed by atoms with Crippen molar-refractivity contribution < 1.29 is 33.3 Å². The van der Waals surface area contributed by atoms with Gasteiger partial charge in [0.2, 0.25) is 16.7 Å². The number of aromatic nitrogens is 2. The molecule has 13 heteroatoms. The molecule has 1 saturated heterocycles. The van der Waals surface area contributed by atoms with E-state index in [4.69, 9.17) is 23.9 Å². The number of Topliss-reactive ketones (excluding diaryl/α,β-unsaturated/α-hetero) is 3. The van der Waals surface area contributed by atoms with Gasteiger partial charge in [-0.1, -0.05) is 59.1 Å². The number of ketones is 3. The molecule has 4 aliphatic rings. The highest BCUT2D eigenvalue weighted by Gasteiger charge is 2.51. The maximum Gasteiger partial charge on any atom is 0.233 e. The lowest BCUT2D eigenvalue weighted by molar-refractivity contribution is -0.133. The first-order valence-corrected chi connectivity index (χ1v) is 16.9. The first-order valence-electron chi connectivity index (χ1n) is 15.3. The van der Waals surface area contributed by atoms with E-state index in [1.165, 1.54) is 22.7 Å². The fraction of sp³-hybridized carbons (Fsp3) is 0.200. The van der Waals surface area contributed by atoms with Gasteiger partial charge in [0.15, 0.2) is 22.4 Å². The van der Waals surface area contributed by atoms with Crippen LogP contribution in [0.2, 0.25) is 0 Å². The highest BCUT2D eigenvalue weighted by Crippen LogP contribution is 2.48. The monoisotopic (exact) mass is 676 g/mol. The normalized spacial score (nSPS) is 24.5. The van der Waals surface area contributed by atoms with Gasteiger partial charge in [-0.15, -0.1) is 0 Å². The van der Waals surface area contributed by atoms with Crippen LogP contribution < -0.4 is 14.8 Å². The number of carbonyl (C=O) groups is 3. The van der Waals surface area contributed by atoms with E-state index in [0.29, 0.717) is 39.6 Å². The van der Waals surface area contributed by atoms with Gasteiger partial charge in [-0.3, -0.25) is 14.4 Å². The van der Waals surface area contributed by atoms with Crippen LogP contribution in [0.4, 0.5) is 16.0 Å². The molecule has 1 N–H and O–H groups in total. The number of anilines is 2. The van der Waals surface area contributed by atoms with Gasteiger partial charge in [-0.25, -0.2) is 15.0 Å². The van der Waals surface area contributed by atoms with Crippen molar-refractivity contribution in [2.24, 2.45) is 4.99 Å². The van der Waals surface area contributed by atoms with Crippen molar-refractivity contribution in [1.82, 2.24) is 9.97 Å². The third kappa shape index (κ3) is 4.77. The SMILES string of the molecule is O=C1C(=O)C(c2ccc(Nc3nc4ccccc4s3)c3c2OCCO3)C(=O)/C1=C1C=C/C(=N/c2nc3ccccc3s2)C2OCCOC\12. The molecule has 1 saturated carbocycles. The van der Waals surface area contributed by atoms with Crippen molar-refractivity contribution in [2.75, 3.05) is 31.7 Å². The van der Waals surface area contributed by atoms with Crippen molar-refractivity contribution in [3.05, 3.63) is 89.5 Å². The van der Waals surface area contributed by atoms with Gasteiger partial charge in [0, 0.05) is 5.56 Å². The van der Waals surface area contributed by atoms with Crippen molar-refractivity contribution in [3.63, 3.8) is 0 Å². The number of allylic oxidation sites excluding steroid dienone is 1. The number of fused-ring (bicyclic) bond motifs is 4. The molecule has 3 aromatic carbocycles. The van der Waals surface area contributed by atoms with E-state index >= 15 is 0 Å². The van der Waals surface area contributed by atoms with Crippen LogP contribution in [-0.2, 0) is 23.9 Å². The molecule has 0 bridgehead atoms. The number of para-hydroxylation sites is 2. The molecule has 4 heterocycles. The van der Waals surface area contributed by atoms with Crippen LogP contribution in [0.1, 0.15) is 11.5 Å². The van der Waals surface area contributed by atoms with Crippen LogP contribution in [0.25, 0.3) is 20.4 Å². The summed E-state index contributed by atoms with van der Waals surface area (Å²) >= 11 is 2.93. The van der Waals surface area contributed by atoms with Crippen LogP contribution in [0.3, 0.4) is 0 Å². The molecule has 2 aliphatic heterocycles. The zero-order valence-electron chi connectivity index (χ0n) is 25.0. The average Bonchev–Trinajstić information content (AvgIpc) is 3.78. The second-order valence-electron chi connectivity index (χ2n) is 11.4. The smallest absolute Gasteiger partial charge is 0.233 e. The summed E-state index contributed by atoms with van der Waals surface area (Å²) in [6.07, 6.45) is 1.83. The third-order valence-electron chi connectivity index (χ3n) is 8.57. The lowest BCUT2D eigenvalue weighted by Crippen LogP contribution is -2.46. The predicted molar refractivity (Wildman–Crippen MR) is 180 cm³/mol. The maximum absolute atomic E-state index is 14.1. The Morgan fingerprint density at radius 2 is 1.44 bits per heavy atom. The number of hydrogen-bond donors (Lipinski definition) is 1. The second kappa shape index (κ2) is 11.6. The lowest BCUT2D eigenvalue weighted by Gasteiger charge is -2.35. The van der Waals surface area contributed by atoms with Crippen LogP contribution in [0.5, 0.6) is 11.5 Å². The summed E-state index contributed by atoms with van der Waals surface area (Å²) in [7, 11) is 0. The number of ether oxygens (including phenoxy) is 4. The summed E-state index contributed by atoms with van der Waals surface area (Å²) in [5.41, 5.74) is 3.19. The Bertz CT molecular complexity index is 2220. The van der Waals surface area contributed by atoms with E-state index in [2.05, 4.69) is 15.3 Å². The molecule has 9 rings (SSSR count). The standard InChI is InChI=1S/C35H24N4O7S2/c40-27-25(17-9-11-21(32-30(17)43-13-15-45-32)38-34-36-19-5-1-3-7-23(19)47-34)28(41)29(42)26(27)18-10-12-22(33-31(18)44-14-16-46-33)39-35-37-20-6-2-4-8-24(20)48-35/h1-12,25,31,33H,13-16H2,(H,36,38)/b26-18-,39-22-. The van der Waals surface area contributed by atoms with E-state index in [1.54, 1.807) is 24.3 Å². The summed E-state index contributed by atoms with van der Waals surface area (Å²) in [4.78, 5) is 55.4. The maximum atomic E-state index is 14.1. The molecular formula is C35H24N4O7S2. The number of nitrogens with zero attached hydrogens (tertiary/aromatic N) is 3. The van der Waals surface area contributed by atoms with Gasteiger partial charge in [-0.05, 0) is 42.0 Å². The van der Waals surface area contributed by atoms with E-state index in [-0.39, 0.29) is 36.7 Å². The number of hydrogen-bond acceptors (Lipinski definition) is 13. The van der Waals surface area contributed by atoms with Crippen LogP contribution in [-0.4, -0.2) is 71.7 Å². The molecule has 2 fully saturated rings. The summed E-state index contributed by atoms with van der Waals surface area (Å²) in [5, 5.41) is 4.49. The minimum absolute atomic E-state index is 0.206. The minimum Gasteiger partial charge on any atom is -0.486 e. The second-order valence-corrected chi connectivity index (χ2v) is 13.4. The first-order chi connectivity index (χ1) is 23.5. The zero-order chi connectivity index (χ0) is 32.4. The van der Waals surface area contributed by atoms with E-state index in [1.807, 2.05) is 48.5 Å². The molecule has 0 amide bonds. The molecule has 11 nitrogen and oxygen atoms in total. The molecular weight excluding hydrogens is 653 g/mol. The number of thiazole rings is 2. The Hall–Kier alpha value is -5.08. The van der Waals surface area contributed by atoms with Gasteiger partial charge < -0.3 is 24.3 Å². The summed E-state index contributed by atoms with van der Waals surface area (Å²) in [6.45, 7) is 1.05. The van der Waals surface area contributed by atoms with Gasteiger partial charge in [0.05, 0.1) is 50.6 Å². The Kier molecular flexibility index (Phi) is 7.01.